The van der Waals surface area contributed by atoms with E-state index in [-0.39, 0.29) is 12.3 Å². The number of carboxylic acid groups (broad SMARTS) is 1. The van der Waals surface area contributed by atoms with Gasteiger partial charge in [0.1, 0.15) is 17.5 Å². The van der Waals surface area contributed by atoms with Crippen molar-refractivity contribution in [3.8, 4) is 0 Å². The van der Waals surface area contributed by atoms with Crippen LogP contribution in [0.5, 0.6) is 0 Å². The van der Waals surface area contributed by atoms with Crippen LogP contribution in [0.3, 0.4) is 0 Å². The molecule has 8 nitrogen and oxygen atoms in total. The van der Waals surface area contributed by atoms with Crippen molar-refractivity contribution in [2.75, 3.05) is 0 Å². The number of carbonyl (C=O) groups is 3. The fourth-order valence-corrected chi connectivity index (χ4v) is 5.30. The number of nitrogens with one attached hydrogen (secondary N) is 1. The molecule has 0 aromatic rings. The van der Waals surface area contributed by atoms with Gasteiger partial charge in [-0.25, -0.2) is 13.2 Å². The van der Waals surface area contributed by atoms with Gasteiger partial charge >= 0.3 is 5.97 Å². The van der Waals surface area contributed by atoms with E-state index in [0.29, 0.717) is 6.42 Å². The molecule has 2 heterocycles. The molecule has 2 saturated heterocycles. The Labute approximate surface area is 135 Å². The van der Waals surface area contributed by atoms with Crippen LogP contribution >= 0.6 is 0 Å². The van der Waals surface area contributed by atoms with Crippen molar-refractivity contribution < 1.29 is 27.9 Å². The predicted molar refractivity (Wildman–Crippen MR) is 81.1 cm³/mol. The van der Waals surface area contributed by atoms with Gasteiger partial charge in [-0.05, 0) is 19.8 Å². The normalized spacial score (nSPS) is 30.1. The molecular formula is C14H22N2O6S. The van der Waals surface area contributed by atoms with Crippen LogP contribution in [-0.2, 0) is 24.2 Å². The average molecular weight is 346 g/mol. The Hall–Kier alpha value is -1.64. The van der Waals surface area contributed by atoms with E-state index in [2.05, 4.69) is 5.32 Å². The van der Waals surface area contributed by atoms with E-state index in [1.807, 2.05) is 0 Å². The maximum absolute atomic E-state index is 12.6. The summed E-state index contributed by atoms with van der Waals surface area (Å²) in [5.41, 5.74) is 0. The summed E-state index contributed by atoms with van der Waals surface area (Å²) < 4.78 is 23.5. The molecule has 2 aliphatic rings. The van der Waals surface area contributed by atoms with Crippen LogP contribution < -0.4 is 5.32 Å². The summed E-state index contributed by atoms with van der Waals surface area (Å²) in [7, 11) is -3.68. The predicted octanol–water partition coefficient (Wildman–Crippen LogP) is -0.264. The second kappa shape index (κ2) is 5.47. The third kappa shape index (κ3) is 2.41. The first kappa shape index (κ1) is 17.7. The number of β-lactam (4-membered cyclic amide) rings is 1. The van der Waals surface area contributed by atoms with E-state index in [0.717, 1.165) is 4.90 Å². The number of carbonyl (C=O) groups excluding carboxylic acids is 2. The van der Waals surface area contributed by atoms with Gasteiger partial charge in [-0.3, -0.25) is 9.59 Å². The molecule has 0 aliphatic carbocycles. The van der Waals surface area contributed by atoms with Crippen molar-refractivity contribution in [2.45, 2.75) is 62.7 Å². The maximum atomic E-state index is 12.6. The lowest BCUT2D eigenvalue weighted by Gasteiger charge is -2.37. The van der Waals surface area contributed by atoms with Crippen LogP contribution in [-0.4, -0.2) is 58.4 Å². The van der Waals surface area contributed by atoms with Gasteiger partial charge in [0.2, 0.25) is 11.8 Å². The minimum atomic E-state index is -3.68. The summed E-state index contributed by atoms with van der Waals surface area (Å²) in [5.74, 6) is -2.64. The highest BCUT2D eigenvalue weighted by Crippen LogP contribution is 2.45. The van der Waals surface area contributed by atoms with Crippen molar-refractivity contribution in [2.24, 2.45) is 5.92 Å². The van der Waals surface area contributed by atoms with E-state index in [9.17, 15) is 27.9 Å². The molecule has 23 heavy (non-hydrogen) atoms. The first-order chi connectivity index (χ1) is 10.5. The second-order valence-corrected chi connectivity index (χ2v) is 9.41. The molecule has 0 aromatic carbocycles. The van der Waals surface area contributed by atoms with Crippen LogP contribution in [0.4, 0.5) is 0 Å². The molecule has 9 heteroatoms. The molecule has 2 fully saturated rings. The average Bonchev–Trinajstić information content (AvgIpc) is 2.57. The molecule has 0 spiro atoms. The fourth-order valence-electron chi connectivity index (χ4n) is 3.17. The Bertz CT molecular complexity index is 656. The number of sulfone groups is 1. The summed E-state index contributed by atoms with van der Waals surface area (Å²) >= 11 is 0. The van der Waals surface area contributed by atoms with E-state index in [1.165, 1.54) is 13.8 Å². The number of fused-ring (bicyclic) bond motifs is 1. The molecular weight excluding hydrogens is 324 g/mol. The highest BCUT2D eigenvalue weighted by atomic mass is 32.2. The van der Waals surface area contributed by atoms with E-state index in [4.69, 9.17) is 0 Å². The Balaban J connectivity index is 2.31. The van der Waals surface area contributed by atoms with Crippen molar-refractivity contribution in [3.05, 3.63) is 0 Å². The number of aliphatic carboxylic acids is 1. The molecule has 2 aliphatic heterocycles. The zero-order valence-electron chi connectivity index (χ0n) is 13.6. The standard InChI is InChI=1S/C14H22N2O6S/c1-5-7(2)10(13(19)20)15-12(18)11-14(3,4)23(21,22)9-6-8(17)16(9)11/h7,9-11H,5-6H2,1-4H3,(H,15,18)(H,19,20)/t7?,9-,10+,11+/m1/s1. The minimum absolute atomic E-state index is 0.122. The highest BCUT2D eigenvalue weighted by Gasteiger charge is 2.67. The second-order valence-electron chi connectivity index (χ2n) is 6.72. The Morgan fingerprint density at radius 3 is 2.43 bits per heavy atom. The number of rotatable bonds is 5. The molecule has 130 valence electrons. The first-order valence-corrected chi connectivity index (χ1v) is 9.09. The van der Waals surface area contributed by atoms with Crippen LogP contribution in [0.25, 0.3) is 0 Å². The van der Waals surface area contributed by atoms with Gasteiger partial charge in [0.05, 0.1) is 11.2 Å². The van der Waals surface area contributed by atoms with E-state index < -0.39 is 49.8 Å². The third-order valence-electron chi connectivity index (χ3n) is 5.00. The fraction of sp³-hybridized carbons (Fsp3) is 0.786. The minimum Gasteiger partial charge on any atom is -0.480 e. The number of carboxylic acids is 1. The molecule has 0 bridgehead atoms. The molecule has 0 saturated carbocycles. The largest absolute Gasteiger partial charge is 0.480 e. The summed E-state index contributed by atoms with van der Waals surface area (Å²) in [4.78, 5) is 36.8. The molecule has 2 N–H and O–H groups in total. The van der Waals surface area contributed by atoms with Crippen molar-refractivity contribution in [1.82, 2.24) is 10.2 Å². The van der Waals surface area contributed by atoms with Crippen molar-refractivity contribution >= 4 is 27.6 Å². The van der Waals surface area contributed by atoms with Gasteiger partial charge in [0.15, 0.2) is 9.84 Å². The zero-order valence-corrected chi connectivity index (χ0v) is 14.4. The van der Waals surface area contributed by atoms with Gasteiger partial charge in [-0.15, -0.1) is 0 Å². The summed E-state index contributed by atoms with van der Waals surface area (Å²) in [5, 5.41) is 10.7. The molecule has 2 amide bonds. The number of hydrogen-bond acceptors (Lipinski definition) is 5. The van der Waals surface area contributed by atoms with Gasteiger partial charge < -0.3 is 15.3 Å². The number of amides is 2. The lowest BCUT2D eigenvalue weighted by molar-refractivity contribution is -0.151. The van der Waals surface area contributed by atoms with Crippen molar-refractivity contribution in [3.63, 3.8) is 0 Å². The Kier molecular flexibility index (Phi) is 4.21. The van der Waals surface area contributed by atoms with Crippen molar-refractivity contribution in [1.29, 1.82) is 0 Å². The first-order valence-electron chi connectivity index (χ1n) is 7.54. The third-order valence-corrected chi connectivity index (χ3v) is 7.80. The van der Waals surface area contributed by atoms with E-state index >= 15 is 0 Å². The Morgan fingerprint density at radius 2 is 2.00 bits per heavy atom. The molecule has 0 radical (unpaired) electrons. The Morgan fingerprint density at radius 1 is 1.43 bits per heavy atom. The van der Waals surface area contributed by atoms with Crippen LogP contribution in [0.2, 0.25) is 0 Å². The molecule has 2 rings (SSSR count). The lowest BCUT2D eigenvalue weighted by atomic mass is 9.95. The SMILES string of the molecule is CCC(C)[C@H](NC(=O)[C@@H]1N2C(=O)C[C@H]2S(=O)(=O)C1(C)C)C(=O)O. The molecule has 4 atom stereocenters. The quantitative estimate of drug-likeness (QED) is 0.661. The molecule has 1 unspecified atom stereocenters. The topological polar surface area (TPSA) is 121 Å². The van der Waals surface area contributed by atoms with E-state index in [1.54, 1.807) is 13.8 Å². The summed E-state index contributed by atoms with van der Waals surface area (Å²) in [6.07, 6.45) is 0.415. The van der Waals surface area contributed by atoms with Gasteiger partial charge in [0, 0.05) is 0 Å². The van der Waals surface area contributed by atoms with Crippen LogP contribution in [0.1, 0.15) is 40.5 Å². The van der Waals surface area contributed by atoms with Crippen LogP contribution in [0.15, 0.2) is 0 Å². The van der Waals surface area contributed by atoms with Gasteiger partial charge in [0.25, 0.3) is 0 Å². The monoisotopic (exact) mass is 346 g/mol. The van der Waals surface area contributed by atoms with Gasteiger partial charge in [-0.2, -0.15) is 0 Å². The van der Waals surface area contributed by atoms with Gasteiger partial charge in [-0.1, -0.05) is 20.3 Å². The summed E-state index contributed by atoms with van der Waals surface area (Å²) in [6.45, 7) is 6.29. The number of nitrogens with zero attached hydrogens (tertiary/aromatic N) is 1. The van der Waals surface area contributed by atoms with Crippen LogP contribution in [0, 0.1) is 5.92 Å². The molecule has 0 aromatic heterocycles. The maximum Gasteiger partial charge on any atom is 0.326 e. The number of hydrogen-bond donors (Lipinski definition) is 2. The summed E-state index contributed by atoms with van der Waals surface area (Å²) in [6, 6.07) is -2.33. The lowest BCUT2D eigenvalue weighted by Crippen LogP contribution is -2.61. The smallest absolute Gasteiger partial charge is 0.326 e. The zero-order chi connectivity index (χ0) is 17.7. The highest BCUT2D eigenvalue weighted by molar-refractivity contribution is 7.93.